The van der Waals surface area contributed by atoms with Crippen LogP contribution in [0.15, 0.2) is 0 Å². The molecule has 0 radical (unpaired) electrons. The minimum absolute atomic E-state index is 0.00301. The summed E-state index contributed by atoms with van der Waals surface area (Å²) >= 11 is 0. The van der Waals surface area contributed by atoms with Gasteiger partial charge in [0.1, 0.15) is 0 Å². The zero-order valence-corrected chi connectivity index (χ0v) is 14.7. The number of amides is 2. The highest BCUT2D eigenvalue weighted by Gasteiger charge is 2.54. The maximum absolute atomic E-state index is 12.3. The molecule has 4 bridgehead atoms. The molecule has 6 fully saturated rings. The number of likely N-dealkylation sites (tertiary alicyclic amines) is 1. The van der Waals surface area contributed by atoms with E-state index in [4.69, 9.17) is 0 Å². The maximum Gasteiger partial charge on any atom is 0.246 e. The van der Waals surface area contributed by atoms with Crippen LogP contribution < -0.4 is 0 Å². The van der Waals surface area contributed by atoms with Crippen molar-refractivity contribution in [1.29, 1.82) is 0 Å². The summed E-state index contributed by atoms with van der Waals surface area (Å²) < 4.78 is 0. The molecular formula is C19H29N3O2. The lowest BCUT2D eigenvalue weighted by Gasteiger charge is -2.61. The van der Waals surface area contributed by atoms with Gasteiger partial charge in [0.05, 0.1) is 12.5 Å². The van der Waals surface area contributed by atoms with Crippen LogP contribution in [0.1, 0.15) is 44.9 Å². The van der Waals surface area contributed by atoms with Gasteiger partial charge in [-0.3, -0.25) is 24.3 Å². The van der Waals surface area contributed by atoms with Gasteiger partial charge in [0.25, 0.3) is 0 Å². The number of piperazine rings is 1. The van der Waals surface area contributed by atoms with Crippen molar-refractivity contribution in [3.63, 3.8) is 0 Å². The number of imide groups is 1. The highest BCUT2D eigenvalue weighted by molar-refractivity contribution is 6.05. The molecule has 2 aliphatic heterocycles. The SMILES string of the molecule is CN1C(=O)C[C@H](N2CCN(C34CC5CC(CC(C5)C3)C4)CC2)C1=O. The van der Waals surface area contributed by atoms with Gasteiger partial charge >= 0.3 is 0 Å². The van der Waals surface area contributed by atoms with Gasteiger partial charge in [-0.2, -0.15) is 0 Å². The molecule has 0 aromatic heterocycles. The second-order valence-electron chi connectivity index (χ2n) is 9.18. The van der Waals surface area contributed by atoms with Crippen LogP contribution in [0.2, 0.25) is 0 Å². The largest absolute Gasteiger partial charge is 0.295 e. The predicted molar refractivity (Wildman–Crippen MR) is 90.2 cm³/mol. The molecule has 4 saturated carbocycles. The van der Waals surface area contributed by atoms with Gasteiger partial charge in [-0.15, -0.1) is 0 Å². The molecule has 0 spiro atoms. The summed E-state index contributed by atoms with van der Waals surface area (Å²) in [6, 6.07) is -0.194. The molecule has 5 nitrogen and oxygen atoms in total. The van der Waals surface area contributed by atoms with E-state index < -0.39 is 0 Å². The zero-order chi connectivity index (χ0) is 16.5. The fourth-order valence-electron chi connectivity index (χ4n) is 6.98. The Hall–Kier alpha value is -0.940. The third-order valence-electron chi connectivity index (χ3n) is 7.79. The van der Waals surface area contributed by atoms with Crippen LogP contribution in [0.3, 0.4) is 0 Å². The first-order valence-electron chi connectivity index (χ1n) is 9.83. The third kappa shape index (κ3) is 2.20. The Morgan fingerprint density at radius 3 is 1.88 bits per heavy atom. The highest BCUT2D eigenvalue weighted by atomic mass is 16.2. The zero-order valence-electron chi connectivity index (χ0n) is 14.7. The Morgan fingerprint density at radius 1 is 0.875 bits per heavy atom. The molecule has 2 saturated heterocycles. The number of rotatable bonds is 2. The Labute approximate surface area is 144 Å². The average Bonchev–Trinajstić information content (AvgIpc) is 2.81. The molecule has 6 aliphatic rings. The molecule has 6 rings (SSSR count). The van der Waals surface area contributed by atoms with Crippen molar-refractivity contribution in [3.05, 3.63) is 0 Å². The molecule has 5 heteroatoms. The minimum atomic E-state index is -0.194. The Morgan fingerprint density at radius 2 is 1.42 bits per heavy atom. The van der Waals surface area contributed by atoms with Crippen molar-refractivity contribution in [2.45, 2.75) is 56.5 Å². The predicted octanol–water partition coefficient (Wildman–Crippen LogP) is 1.33. The number of carbonyl (C=O) groups is 2. The first kappa shape index (κ1) is 15.3. The topological polar surface area (TPSA) is 43.9 Å². The molecule has 24 heavy (non-hydrogen) atoms. The molecule has 2 amide bonds. The van der Waals surface area contributed by atoms with Crippen LogP contribution in [0.5, 0.6) is 0 Å². The second-order valence-corrected chi connectivity index (χ2v) is 9.18. The maximum atomic E-state index is 12.3. The minimum Gasteiger partial charge on any atom is -0.295 e. The summed E-state index contributed by atoms with van der Waals surface area (Å²) in [5.41, 5.74) is 0.479. The number of hydrogen-bond acceptors (Lipinski definition) is 4. The molecule has 0 aromatic carbocycles. The van der Waals surface area contributed by atoms with Crippen LogP contribution in [0, 0.1) is 17.8 Å². The summed E-state index contributed by atoms with van der Waals surface area (Å²) in [7, 11) is 1.62. The van der Waals surface area contributed by atoms with Gasteiger partial charge in [-0.05, 0) is 56.3 Å². The van der Waals surface area contributed by atoms with Gasteiger partial charge in [0.15, 0.2) is 0 Å². The Balaban J connectivity index is 1.26. The number of nitrogens with zero attached hydrogens (tertiary/aromatic N) is 3. The van der Waals surface area contributed by atoms with Crippen LogP contribution in [-0.4, -0.2) is 71.3 Å². The van der Waals surface area contributed by atoms with Crippen LogP contribution in [0.25, 0.3) is 0 Å². The van der Waals surface area contributed by atoms with Gasteiger partial charge in [-0.25, -0.2) is 0 Å². The first-order chi connectivity index (χ1) is 11.5. The highest BCUT2D eigenvalue weighted by Crippen LogP contribution is 2.57. The average molecular weight is 331 g/mol. The summed E-state index contributed by atoms with van der Waals surface area (Å²) in [4.78, 5) is 30.4. The molecule has 1 atom stereocenters. The smallest absolute Gasteiger partial charge is 0.246 e. The molecule has 2 heterocycles. The van der Waals surface area contributed by atoms with Gasteiger partial charge in [-0.1, -0.05) is 0 Å². The summed E-state index contributed by atoms with van der Waals surface area (Å²) in [5.74, 6) is 2.93. The van der Waals surface area contributed by atoms with E-state index in [-0.39, 0.29) is 17.9 Å². The van der Waals surface area contributed by atoms with Crippen molar-refractivity contribution in [3.8, 4) is 0 Å². The van der Waals surface area contributed by atoms with Crippen molar-refractivity contribution in [2.24, 2.45) is 17.8 Å². The molecule has 0 N–H and O–H groups in total. The van der Waals surface area contributed by atoms with Crippen molar-refractivity contribution < 1.29 is 9.59 Å². The lowest BCUT2D eigenvalue weighted by molar-refractivity contribution is -0.138. The summed E-state index contributed by atoms with van der Waals surface area (Å²) in [5, 5.41) is 0. The molecule has 0 aromatic rings. The normalized spacial score (nSPS) is 46.3. The van der Waals surface area contributed by atoms with E-state index in [1.165, 1.54) is 43.4 Å². The van der Waals surface area contributed by atoms with Gasteiger partial charge in [0.2, 0.25) is 11.8 Å². The van der Waals surface area contributed by atoms with E-state index in [0.29, 0.717) is 12.0 Å². The van der Waals surface area contributed by atoms with Crippen molar-refractivity contribution >= 4 is 11.8 Å². The number of carbonyl (C=O) groups excluding carboxylic acids is 2. The van der Waals surface area contributed by atoms with E-state index in [9.17, 15) is 9.59 Å². The fourth-order valence-corrected chi connectivity index (χ4v) is 6.98. The van der Waals surface area contributed by atoms with Crippen LogP contribution >= 0.6 is 0 Å². The molecule has 0 unspecified atom stereocenters. The van der Waals surface area contributed by atoms with Gasteiger partial charge in [0, 0.05) is 38.8 Å². The monoisotopic (exact) mass is 331 g/mol. The van der Waals surface area contributed by atoms with Gasteiger partial charge < -0.3 is 0 Å². The third-order valence-corrected chi connectivity index (χ3v) is 7.79. The standard InChI is InChI=1S/C19H29N3O2/c1-20-17(23)9-16(18(20)24)21-2-4-22(5-3-21)19-10-13-6-14(11-19)8-15(7-13)12-19/h13-16H,2-12H2,1H3/t13?,14?,15?,16-,19?/m0/s1. The van der Waals surface area contributed by atoms with E-state index in [1.54, 1.807) is 7.05 Å². The Kier molecular flexibility index (Phi) is 3.37. The van der Waals surface area contributed by atoms with E-state index >= 15 is 0 Å². The van der Waals surface area contributed by atoms with E-state index in [2.05, 4.69) is 9.80 Å². The first-order valence-corrected chi connectivity index (χ1v) is 9.83. The van der Waals surface area contributed by atoms with E-state index in [0.717, 1.165) is 43.9 Å². The summed E-state index contributed by atoms with van der Waals surface area (Å²) in [6.45, 7) is 4.04. The molecular weight excluding hydrogens is 302 g/mol. The lowest BCUT2D eigenvalue weighted by atomic mass is 9.52. The summed E-state index contributed by atoms with van der Waals surface area (Å²) in [6.07, 6.45) is 9.11. The van der Waals surface area contributed by atoms with Crippen LogP contribution in [0.4, 0.5) is 0 Å². The molecule has 132 valence electrons. The van der Waals surface area contributed by atoms with Crippen LogP contribution in [-0.2, 0) is 9.59 Å². The molecule has 4 aliphatic carbocycles. The quantitative estimate of drug-likeness (QED) is 0.716. The van der Waals surface area contributed by atoms with Crippen molar-refractivity contribution in [1.82, 2.24) is 14.7 Å². The Bertz CT molecular complexity index is 532. The fraction of sp³-hybridized carbons (Fsp3) is 0.895. The lowest BCUT2D eigenvalue weighted by Crippen LogP contribution is -2.64. The second kappa shape index (κ2) is 5.28. The number of hydrogen-bond donors (Lipinski definition) is 0. The van der Waals surface area contributed by atoms with Crippen molar-refractivity contribution in [2.75, 3.05) is 33.2 Å². The van der Waals surface area contributed by atoms with E-state index in [1.807, 2.05) is 0 Å². The number of likely N-dealkylation sites (N-methyl/N-ethyl adjacent to an activating group) is 1.